The van der Waals surface area contributed by atoms with E-state index in [0.717, 1.165) is 16.1 Å². The molecular formula is C8H7Cl2I. The highest BCUT2D eigenvalue weighted by atomic mass is 127. The van der Waals surface area contributed by atoms with Crippen molar-refractivity contribution < 1.29 is 0 Å². The van der Waals surface area contributed by atoms with Crippen LogP contribution in [0, 0.1) is 10.5 Å². The van der Waals surface area contributed by atoms with Gasteiger partial charge in [-0.1, -0.05) is 11.6 Å². The third-order valence-corrected chi connectivity index (χ3v) is 3.17. The van der Waals surface area contributed by atoms with Crippen LogP contribution in [0.2, 0.25) is 5.02 Å². The molecule has 1 aromatic carbocycles. The first-order valence-corrected chi connectivity index (χ1v) is 5.14. The number of alkyl halides is 1. The van der Waals surface area contributed by atoms with Gasteiger partial charge in [-0.3, -0.25) is 0 Å². The number of hydrogen-bond acceptors (Lipinski definition) is 0. The summed E-state index contributed by atoms with van der Waals surface area (Å²) in [5.41, 5.74) is 2.20. The lowest BCUT2D eigenvalue weighted by molar-refractivity contribution is 1.32. The highest BCUT2D eigenvalue weighted by Crippen LogP contribution is 2.23. The van der Waals surface area contributed by atoms with Crippen molar-refractivity contribution in [2.24, 2.45) is 0 Å². The molecule has 0 aromatic heterocycles. The number of benzene rings is 1. The molecule has 0 unspecified atom stereocenters. The summed E-state index contributed by atoms with van der Waals surface area (Å²) in [6.07, 6.45) is 0. The maximum atomic E-state index is 5.90. The quantitative estimate of drug-likeness (QED) is 0.543. The second kappa shape index (κ2) is 3.97. The Morgan fingerprint density at radius 1 is 1.45 bits per heavy atom. The van der Waals surface area contributed by atoms with Gasteiger partial charge in [-0.25, -0.2) is 0 Å². The molecule has 1 rings (SSSR count). The molecule has 11 heavy (non-hydrogen) atoms. The van der Waals surface area contributed by atoms with Crippen LogP contribution in [0.5, 0.6) is 0 Å². The van der Waals surface area contributed by atoms with Gasteiger partial charge in [0, 0.05) is 14.5 Å². The minimum atomic E-state index is 0.526. The van der Waals surface area contributed by atoms with Crippen molar-refractivity contribution in [1.82, 2.24) is 0 Å². The van der Waals surface area contributed by atoms with Crippen LogP contribution in [-0.4, -0.2) is 0 Å². The topological polar surface area (TPSA) is 0 Å². The number of hydrogen-bond donors (Lipinski definition) is 0. The normalized spacial score (nSPS) is 10.2. The average Bonchev–Trinajstić information content (AvgIpc) is 1.97. The van der Waals surface area contributed by atoms with Crippen LogP contribution in [-0.2, 0) is 5.88 Å². The lowest BCUT2D eigenvalue weighted by Crippen LogP contribution is -1.86. The summed E-state index contributed by atoms with van der Waals surface area (Å²) >= 11 is 13.9. The Balaban J connectivity index is 3.21. The molecule has 0 amide bonds. The number of rotatable bonds is 1. The van der Waals surface area contributed by atoms with Gasteiger partial charge in [-0.2, -0.15) is 0 Å². The summed E-state index contributed by atoms with van der Waals surface area (Å²) in [4.78, 5) is 0. The fourth-order valence-electron chi connectivity index (χ4n) is 0.790. The zero-order valence-electron chi connectivity index (χ0n) is 6.00. The Morgan fingerprint density at radius 3 is 2.64 bits per heavy atom. The Morgan fingerprint density at radius 2 is 2.09 bits per heavy atom. The minimum Gasteiger partial charge on any atom is -0.122 e. The standard InChI is InChI=1S/C8H7Cl2I/c1-5-2-8(11)6(4-9)3-7(5)10/h2-3H,4H2,1H3. The average molecular weight is 301 g/mol. The van der Waals surface area contributed by atoms with Gasteiger partial charge in [-0.05, 0) is 52.8 Å². The van der Waals surface area contributed by atoms with Crippen LogP contribution >= 0.6 is 45.8 Å². The van der Waals surface area contributed by atoms with Crippen LogP contribution in [0.15, 0.2) is 12.1 Å². The second-order valence-electron chi connectivity index (χ2n) is 2.33. The minimum absolute atomic E-state index is 0.526. The van der Waals surface area contributed by atoms with Gasteiger partial charge >= 0.3 is 0 Å². The summed E-state index contributed by atoms with van der Waals surface area (Å²) < 4.78 is 1.18. The Kier molecular flexibility index (Phi) is 3.47. The van der Waals surface area contributed by atoms with Crippen molar-refractivity contribution in [2.45, 2.75) is 12.8 Å². The molecule has 3 heteroatoms. The second-order valence-corrected chi connectivity index (χ2v) is 4.16. The molecule has 0 N–H and O–H groups in total. The highest BCUT2D eigenvalue weighted by molar-refractivity contribution is 14.1. The van der Waals surface area contributed by atoms with E-state index in [4.69, 9.17) is 23.2 Å². The maximum Gasteiger partial charge on any atom is 0.0485 e. The van der Waals surface area contributed by atoms with Crippen molar-refractivity contribution in [1.29, 1.82) is 0 Å². The molecule has 0 aliphatic heterocycles. The van der Waals surface area contributed by atoms with Crippen LogP contribution in [0.3, 0.4) is 0 Å². The molecule has 0 fully saturated rings. The first-order chi connectivity index (χ1) is 5.15. The molecule has 1 aromatic rings. The van der Waals surface area contributed by atoms with Gasteiger partial charge in [0.25, 0.3) is 0 Å². The molecule has 0 aliphatic carbocycles. The van der Waals surface area contributed by atoms with E-state index in [1.165, 1.54) is 3.57 Å². The van der Waals surface area contributed by atoms with Gasteiger partial charge in [-0.15, -0.1) is 11.6 Å². The Hall–Kier alpha value is 0.530. The molecule has 0 heterocycles. The van der Waals surface area contributed by atoms with Crippen LogP contribution < -0.4 is 0 Å². The fraction of sp³-hybridized carbons (Fsp3) is 0.250. The van der Waals surface area contributed by atoms with E-state index in [1.54, 1.807) is 0 Å². The van der Waals surface area contributed by atoms with Gasteiger partial charge in [0.2, 0.25) is 0 Å². The van der Waals surface area contributed by atoms with Crippen molar-refractivity contribution in [3.8, 4) is 0 Å². The lowest BCUT2D eigenvalue weighted by Gasteiger charge is -2.03. The largest absolute Gasteiger partial charge is 0.122 e. The van der Waals surface area contributed by atoms with Crippen molar-refractivity contribution >= 4 is 45.8 Å². The van der Waals surface area contributed by atoms with Crippen molar-refractivity contribution in [3.05, 3.63) is 31.9 Å². The molecule has 0 saturated heterocycles. The molecule has 0 saturated carbocycles. The van der Waals surface area contributed by atoms with E-state index in [2.05, 4.69) is 22.6 Å². The van der Waals surface area contributed by atoms with E-state index < -0.39 is 0 Å². The molecule has 0 radical (unpaired) electrons. The first-order valence-electron chi connectivity index (χ1n) is 3.15. The first kappa shape index (κ1) is 9.62. The van der Waals surface area contributed by atoms with Gasteiger partial charge in [0.15, 0.2) is 0 Å². The van der Waals surface area contributed by atoms with Crippen molar-refractivity contribution in [2.75, 3.05) is 0 Å². The summed E-state index contributed by atoms with van der Waals surface area (Å²) in [6.45, 7) is 1.99. The smallest absolute Gasteiger partial charge is 0.0485 e. The van der Waals surface area contributed by atoms with Gasteiger partial charge in [0.1, 0.15) is 0 Å². The molecule has 0 bridgehead atoms. The zero-order valence-corrected chi connectivity index (χ0v) is 9.67. The Bertz CT molecular complexity index is 271. The molecule has 0 spiro atoms. The predicted octanol–water partition coefficient (Wildman–Crippen LogP) is 3.99. The summed E-state index contributed by atoms with van der Waals surface area (Å²) in [5, 5.41) is 0.793. The van der Waals surface area contributed by atoms with Crippen LogP contribution in [0.1, 0.15) is 11.1 Å². The molecular weight excluding hydrogens is 294 g/mol. The fourth-order valence-corrected chi connectivity index (χ4v) is 2.24. The van der Waals surface area contributed by atoms with Gasteiger partial charge in [0.05, 0.1) is 0 Å². The number of halogens is 3. The third-order valence-electron chi connectivity index (χ3n) is 1.47. The molecule has 0 atom stereocenters. The van der Waals surface area contributed by atoms with Gasteiger partial charge < -0.3 is 0 Å². The van der Waals surface area contributed by atoms with Crippen molar-refractivity contribution in [3.63, 3.8) is 0 Å². The maximum absolute atomic E-state index is 5.90. The SMILES string of the molecule is Cc1cc(I)c(CCl)cc1Cl. The molecule has 0 aliphatic rings. The number of aryl methyl sites for hydroxylation is 1. The van der Waals surface area contributed by atoms with E-state index in [0.29, 0.717) is 5.88 Å². The summed E-state index contributed by atoms with van der Waals surface area (Å²) in [5.74, 6) is 0.526. The molecule has 60 valence electrons. The lowest BCUT2D eigenvalue weighted by atomic mass is 10.2. The summed E-state index contributed by atoms with van der Waals surface area (Å²) in [7, 11) is 0. The third kappa shape index (κ3) is 2.23. The van der Waals surface area contributed by atoms with Crippen LogP contribution in [0.4, 0.5) is 0 Å². The summed E-state index contributed by atoms with van der Waals surface area (Å²) in [6, 6.07) is 3.96. The van der Waals surface area contributed by atoms with E-state index in [-0.39, 0.29) is 0 Å². The van der Waals surface area contributed by atoms with E-state index >= 15 is 0 Å². The van der Waals surface area contributed by atoms with E-state index in [9.17, 15) is 0 Å². The molecule has 0 nitrogen and oxygen atoms in total. The Labute approximate surface area is 90.0 Å². The van der Waals surface area contributed by atoms with E-state index in [1.807, 2.05) is 19.1 Å². The highest BCUT2D eigenvalue weighted by Gasteiger charge is 2.01. The predicted molar refractivity (Wildman–Crippen MR) is 58.5 cm³/mol. The van der Waals surface area contributed by atoms with Crippen LogP contribution in [0.25, 0.3) is 0 Å². The zero-order chi connectivity index (χ0) is 8.43. The monoisotopic (exact) mass is 300 g/mol.